The van der Waals surface area contributed by atoms with E-state index in [4.69, 9.17) is 4.74 Å². The summed E-state index contributed by atoms with van der Waals surface area (Å²) in [6.07, 6.45) is 0.794. The van der Waals surface area contributed by atoms with Crippen molar-refractivity contribution in [3.8, 4) is 17.0 Å². The predicted molar refractivity (Wildman–Crippen MR) is 113 cm³/mol. The van der Waals surface area contributed by atoms with Gasteiger partial charge in [-0.05, 0) is 31.0 Å². The lowest BCUT2D eigenvalue weighted by atomic mass is 10.1. The van der Waals surface area contributed by atoms with Crippen molar-refractivity contribution < 1.29 is 9.53 Å². The summed E-state index contributed by atoms with van der Waals surface area (Å²) in [7, 11) is 1.65. The Kier molecular flexibility index (Phi) is 6.90. The minimum Gasteiger partial charge on any atom is -0.497 e. The molecule has 140 valence electrons. The van der Waals surface area contributed by atoms with E-state index >= 15 is 0 Å². The van der Waals surface area contributed by atoms with Crippen LogP contribution in [0.25, 0.3) is 11.3 Å². The molecule has 0 saturated heterocycles. The highest BCUT2D eigenvalue weighted by Crippen LogP contribution is 2.30. The number of ether oxygens (including phenoxy) is 1. The molecule has 0 radical (unpaired) electrons. The topological polar surface area (TPSA) is 51.2 Å². The summed E-state index contributed by atoms with van der Waals surface area (Å²) >= 11 is 3.07. The summed E-state index contributed by atoms with van der Waals surface area (Å²) in [5.41, 5.74) is 3.22. The van der Waals surface area contributed by atoms with E-state index in [-0.39, 0.29) is 11.2 Å². The number of carbonyl (C=O) groups is 1. The van der Waals surface area contributed by atoms with E-state index in [1.165, 1.54) is 17.3 Å². The average Bonchev–Trinajstić information content (AvgIpc) is 3.17. The molecule has 1 atom stereocenters. The summed E-state index contributed by atoms with van der Waals surface area (Å²) < 4.78 is 6.06. The number of thioether (sulfide) groups is 1. The van der Waals surface area contributed by atoms with Gasteiger partial charge in [-0.2, -0.15) is 0 Å². The standard InChI is InChI=1S/C21H22N2O2S2/c1-15(20(24)22-13-12-16-8-10-18(25-2)11-9-16)27-21-23-19(14-26-21)17-6-4-3-5-7-17/h3-11,14-15H,12-13H2,1-2H3,(H,22,24)/t15-/m1/s1. The van der Waals surface area contributed by atoms with Gasteiger partial charge in [0, 0.05) is 17.5 Å². The van der Waals surface area contributed by atoms with Gasteiger partial charge < -0.3 is 10.1 Å². The van der Waals surface area contributed by atoms with E-state index in [1.54, 1.807) is 18.4 Å². The fraction of sp³-hybridized carbons (Fsp3) is 0.238. The first-order valence-corrected chi connectivity index (χ1v) is 10.5. The van der Waals surface area contributed by atoms with E-state index in [0.29, 0.717) is 6.54 Å². The van der Waals surface area contributed by atoms with Crippen molar-refractivity contribution in [1.29, 1.82) is 0 Å². The van der Waals surface area contributed by atoms with Gasteiger partial charge in [0.15, 0.2) is 4.34 Å². The summed E-state index contributed by atoms with van der Waals surface area (Å²) in [5, 5.41) is 4.85. The van der Waals surface area contributed by atoms with Crippen LogP contribution in [0.3, 0.4) is 0 Å². The lowest BCUT2D eigenvalue weighted by Crippen LogP contribution is -2.32. The third kappa shape index (κ3) is 5.58. The van der Waals surface area contributed by atoms with Gasteiger partial charge in [-0.3, -0.25) is 4.79 Å². The number of benzene rings is 2. The van der Waals surface area contributed by atoms with Crippen molar-refractivity contribution in [1.82, 2.24) is 10.3 Å². The van der Waals surface area contributed by atoms with Crippen LogP contribution in [0, 0.1) is 0 Å². The molecule has 27 heavy (non-hydrogen) atoms. The Bertz CT molecular complexity index is 863. The van der Waals surface area contributed by atoms with E-state index in [1.807, 2.05) is 66.9 Å². The third-order valence-electron chi connectivity index (χ3n) is 4.07. The summed E-state index contributed by atoms with van der Waals surface area (Å²) in [6.45, 7) is 2.53. The maximum Gasteiger partial charge on any atom is 0.233 e. The van der Waals surface area contributed by atoms with Gasteiger partial charge in [-0.25, -0.2) is 4.98 Å². The molecule has 0 unspecified atom stereocenters. The van der Waals surface area contributed by atoms with Crippen LogP contribution >= 0.6 is 23.1 Å². The van der Waals surface area contributed by atoms with Gasteiger partial charge in [-0.15, -0.1) is 11.3 Å². The SMILES string of the molecule is COc1ccc(CCNC(=O)[C@@H](C)Sc2nc(-c3ccccc3)cs2)cc1. The smallest absolute Gasteiger partial charge is 0.233 e. The van der Waals surface area contributed by atoms with E-state index in [0.717, 1.165) is 27.8 Å². The van der Waals surface area contributed by atoms with Crippen LogP contribution in [0.4, 0.5) is 0 Å². The lowest BCUT2D eigenvalue weighted by Gasteiger charge is -2.10. The van der Waals surface area contributed by atoms with Crippen LogP contribution in [-0.4, -0.2) is 29.8 Å². The summed E-state index contributed by atoms with van der Waals surface area (Å²) in [4.78, 5) is 17.0. The summed E-state index contributed by atoms with van der Waals surface area (Å²) in [5.74, 6) is 0.871. The molecule has 1 N–H and O–H groups in total. The molecule has 0 aliphatic carbocycles. The number of nitrogens with zero attached hydrogens (tertiary/aromatic N) is 1. The molecule has 0 spiro atoms. The molecule has 0 bridgehead atoms. The van der Waals surface area contributed by atoms with Gasteiger partial charge in [0.05, 0.1) is 18.1 Å². The van der Waals surface area contributed by atoms with Crippen LogP contribution in [-0.2, 0) is 11.2 Å². The van der Waals surface area contributed by atoms with E-state index in [9.17, 15) is 4.79 Å². The predicted octanol–water partition coefficient (Wildman–Crippen LogP) is 4.66. The van der Waals surface area contributed by atoms with E-state index in [2.05, 4.69) is 10.3 Å². The molecule has 0 fully saturated rings. The largest absolute Gasteiger partial charge is 0.497 e. The van der Waals surface area contributed by atoms with Crippen LogP contribution in [0.1, 0.15) is 12.5 Å². The second-order valence-corrected chi connectivity index (χ2v) is 8.46. The maximum atomic E-state index is 12.3. The van der Waals surface area contributed by atoms with Crippen molar-refractivity contribution >= 4 is 29.0 Å². The lowest BCUT2D eigenvalue weighted by molar-refractivity contribution is -0.120. The number of aromatic nitrogens is 1. The monoisotopic (exact) mass is 398 g/mol. The van der Waals surface area contributed by atoms with Gasteiger partial charge in [-0.1, -0.05) is 54.2 Å². The first-order chi connectivity index (χ1) is 13.2. The molecule has 1 amide bonds. The molecule has 0 saturated carbocycles. The van der Waals surface area contributed by atoms with Crippen LogP contribution in [0.2, 0.25) is 0 Å². The van der Waals surface area contributed by atoms with Crippen molar-refractivity contribution in [3.63, 3.8) is 0 Å². The third-order valence-corrected chi connectivity index (χ3v) is 6.14. The second kappa shape index (κ2) is 9.58. The molecule has 3 rings (SSSR count). The molecule has 0 aliphatic rings. The maximum absolute atomic E-state index is 12.3. The zero-order chi connectivity index (χ0) is 19.1. The Morgan fingerprint density at radius 1 is 1.19 bits per heavy atom. The first-order valence-electron chi connectivity index (χ1n) is 8.74. The molecule has 2 aromatic carbocycles. The Labute approximate surface area is 168 Å². The fourth-order valence-corrected chi connectivity index (χ4v) is 4.52. The Morgan fingerprint density at radius 3 is 2.63 bits per heavy atom. The van der Waals surface area contributed by atoms with Gasteiger partial charge >= 0.3 is 0 Å². The van der Waals surface area contributed by atoms with Crippen molar-refractivity contribution in [2.75, 3.05) is 13.7 Å². The molecule has 3 aromatic rings. The molecular formula is C21H22N2O2S2. The van der Waals surface area contributed by atoms with Gasteiger partial charge in [0.2, 0.25) is 5.91 Å². The molecule has 1 aromatic heterocycles. The van der Waals surface area contributed by atoms with Gasteiger partial charge in [0.25, 0.3) is 0 Å². The van der Waals surface area contributed by atoms with Crippen molar-refractivity contribution in [3.05, 3.63) is 65.5 Å². The van der Waals surface area contributed by atoms with Crippen LogP contribution in [0.5, 0.6) is 5.75 Å². The minimum absolute atomic E-state index is 0.0324. The molecule has 1 heterocycles. The summed E-state index contributed by atoms with van der Waals surface area (Å²) in [6, 6.07) is 18.0. The van der Waals surface area contributed by atoms with Crippen molar-refractivity contribution in [2.45, 2.75) is 22.9 Å². The zero-order valence-corrected chi connectivity index (χ0v) is 17.0. The Balaban J connectivity index is 1.47. The number of thiazole rings is 1. The van der Waals surface area contributed by atoms with E-state index < -0.39 is 0 Å². The van der Waals surface area contributed by atoms with Gasteiger partial charge in [0.1, 0.15) is 5.75 Å². The number of carbonyl (C=O) groups excluding carboxylic acids is 1. The number of amides is 1. The quantitative estimate of drug-likeness (QED) is 0.561. The Morgan fingerprint density at radius 2 is 1.93 bits per heavy atom. The highest BCUT2D eigenvalue weighted by molar-refractivity contribution is 8.02. The number of hydrogen-bond donors (Lipinski definition) is 1. The molecule has 0 aliphatic heterocycles. The number of rotatable bonds is 8. The van der Waals surface area contributed by atoms with Crippen LogP contribution in [0.15, 0.2) is 64.3 Å². The average molecular weight is 399 g/mol. The molecular weight excluding hydrogens is 376 g/mol. The number of methoxy groups -OCH3 is 1. The molecule has 6 heteroatoms. The zero-order valence-electron chi connectivity index (χ0n) is 15.3. The van der Waals surface area contributed by atoms with Crippen LogP contribution < -0.4 is 10.1 Å². The first kappa shape index (κ1) is 19.5. The Hall–Kier alpha value is -2.31. The number of nitrogens with one attached hydrogen (secondary N) is 1. The normalized spacial score (nSPS) is 11.8. The second-order valence-electron chi connectivity index (χ2n) is 6.01. The number of hydrogen-bond acceptors (Lipinski definition) is 5. The molecule has 4 nitrogen and oxygen atoms in total. The fourth-order valence-electron chi connectivity index (χ4n) is 2.52. The minimum atomic E-state index is -0.185. The highest BCUT2D eigenvalue weighted by atomic mass is 32.2. The van der Waals surface area contributed by atoms with Crippen molar-refractivity contribution in [2.24, 2.45) is 0 Å². The highest BCUT2D eigenvalue weighted by Gasteiger charge is 2.16.